The number of nitrogens with zero attached hydrogens (tertiary/aromatic N) is 1. The van der Waals surface area contributed by atoms with Gasteiger partial charge in [-0.1, -0.05) is 6.85 Å². The molecule has 0 aromatic rings. The Bertz CT molecular complexity index is 513. The summed E-state index contributed by atoms with van der Waals surface area (Å²) in [5.74, 6) is -0.969. The number of fused-ring (bicyclic) bond motifs is 2. The maximum atomic E-state index is 12.8. The van der Waals surface area contributed by atoms with Gasteiger partial charge in [0.2, 0.25) is 5.91 Å². The number of carbonyl (C=O) groups excluding carboxylic acids is 1. The van der Waals surface area contributed by atoms with Crippen LogP contribution in [0.3, 0.4) is 0 Å². The lowest BCUT2D eigenvalue weighted by atomic mass is 9.90. The van der Waals surface area contributed by atoms with E-state index >= 15 is 0 Å². The number of nitrogens with one attached hydrogen (secondary N) is 3. The van der Waals surface area contributed by atoms with Gasteiger partial charge in [-0.25, -0.2) is 0 Å². The highest BCUT2D eigenvalue weighted by Gasteiger charge is 2.52. The van der Waals surface area contributed by atoms with E-state index in [1.165, 1.54) is 0 Å². The van der Waals surface area contributed by atoms with Crippen LogP contribution in [0.15, 0.2) is 0 Å². The zero-order valence-electron chi connectivity index (χ0n) is 15.1. The van der Waals surface area contributed by atoms with Crippen molar-refractivity contribution in [2.75, 3.05) is 6.54 Å². The van der Waals surface area contributed by atoms with Crippen LogP contribution in [-0.2, 0) is 4.79 Å². The average Bonchev–Trinajstić information content (AvgIpc) is 3.33. The molecule has 1 amide bonds. The van der Waals surface area contributed by atoms with Gasteiger partial charge in [0.05, 0.1) is 24.3 Å². The minimum atomic E-state index is -2.21. The molecule has 1 aliphatic carbocycles. The van der Waals surface area contributed by atoms with Crippen LogP contribution < -0.4 is 16.0 Å². The average molecular weight is 297 g/mol. The minimum Gasteiger partial charge on any atom is -0.379 e. The van der Waals surface area contributed by atoms with Crippen LogP contribution in [0, 0.1) is 11.8 Å². The van der Waals surface area contributed by atoms with Crippen molar-refractivity contribution in [1.82, 2.24) is 20.9 Å². The predicted octanol–water partition coefficient (Wildman–Crippen LogP) is -0.451. The smallest absolute Gasteiger partial charge is 0.226 e. The highest BCUT2D eigenvalue weighted by atomic mass is 16.3. The third-order valence-corrected chi connectivity index (χ3v) is 5.30. The minimum absolute atomic E-state index is 0.0576. The Morgan fingerprint density at radius 1 is 1.33 bits per heavy atom. The summed E-state index contributed by atoms with van der Waals surface area (Å²) in [6.07, 6.45) is 2.69. The van der Waals surface area contributed by atoms with Crippen molar-refractivity contribution in [2.45, 2.75) is 69.6 Å². The summed E-state index contributed by atoms with van der Waals surface area (Å²) < 4.78 is 23.6. The Balaban J connectivity index is 1.72. The van der Waals surface area contributed by atoms with Gasteiger partial charge < -0.3 is 15.7 Å². The van der Waals surface area contributed by atoms with Crippen LogP contribution in [0.5, 0.6) is 0 Å². The first-order chi connectivity index (χ1) is 11.4. The molecule has 6 heteroatoms. The van der Waals surface area contributed by atoms with E-state index in [0.717, 1.165) is 32.2 Å². The molecule has 1 saturated carbocycles. The van der Waals surface area contributed by atoms with Crippen molar-refractivity contribution in [3.63, 3.8) is 0 Å². The van der Waals surface area contributed by atoms with Crippen LogP contribution in [0.2, 0.25) is 0 Å². The zero-order valence-corrected chi connectivity index (χ0v) is 12.1. The van der Waals surface area contributed by atoms with Crippen molar-refractivity contribution in [3.05, 3.63) is 0 Å². The third kappa shape index (κ3) is 2.38. The standard InChI is InChI=1S/C15H26N4O2/c1-8-7-11(20)17-14-12(8)18-15(21)10-3-2-6-16-13(10)19(14)9-4-5-9/h8-14,16-17,20H,2-7H2,1H3,(H,18,21)/i1D3. The molecule has 0 spiro atoms. The van der Waals surface area contributed by atoms with E-state index in [-0.39, 0.29) is 30.6 Å². The number of amides is 1. The van der Waals surface area contributed by atoms with E-state index in [2.05, 4.69) is 20.9 Å². The maximum absolute atomic E-state index is 12.8. The molecule has 4 fully saturated rings. The van der Waals surface area contributed by atoms with Gasteiger partial charge in [0, 0.05) is 10.2 Å². The van der Waals surface area contributed by atoms with Crippen LogP contribution >= 0.6 is 0 Å². The van der Waals surface area contributed by atoms with Gasteiger partial charge in [0.15, 0.2) is 0 Å². The molecule has 3 saturated heterocycles. The summed E-state index contributed by atoms with van der Waals surface area (Å²) in [7, 11) is 0. The van der Waals surface area contributed by atoms with Crippen LogP contribution in [0.4, 0.5) is 0 Å². The molecule has 6 atom stereocenters. The molecular weight excluding hydrogens is 268 g/mol. The quantitative estimate of drug-likeness (QED) is 0.527. The first kappa shape index (κ1) is 10.9. The fraction of sp³-hybridized carbons (Fsp3) is 0.933. The van der Waals surface area contributed by atoms with E-state index in [0.29, 0.717) is 6.04 Å². The van der Waals surface area contributed by atoms with Gasteiger partial charge in [-0.2, -0.15) is 0 Å². The lowest BCUT2D eigenvalue weighted by Crippen LogP contribution is -2.68. The molecule has 3 aliphatic heterocycles. The number of rotatable bonds is 1. The zero-order chi connectivity index (χ0) is 17.1. The van der Waals surface area contributed by atoms with Gasteiger partial charge in [-0.15, -0.1) is 0 Å². The van der Waals surface area contributed by atoms with Gasteiger partial charge in [0.1, 0.15) is 6.23 Å². The molecule has 6 nitrogen and oxygen atoms in total. The van der Waals surface area contributed by atoms with Crippen LogP contribution in [0.25, 0.3) is 0 Å². The molecular formula is C15H26N4O2. The summed E-state index contributed by atoms with van der Waals surface area (Å²) in [6, 6.07) is -0.167. The highest BCUT2D eigenvalue weighted by Crippen LogP contribution is 2.38. The van der Waals surface area contributed by atoms with Gasteiger partial charge in [0.25, 0.3) is 0 Å². The summed E-state index contributed by atoms with van der Waals surface area (Å²) in [5, 5.41) is 19.9. The number of carbonyl (C=O) groups is 1. The molecule has 3 heterocycles. The van der Waals surface area contributed by atoms with Crippen molar-refractivity contribution in [3.8, 4) is 0 Å². The number of aliphatic hydroxyl groups is 1. The van der Waals surface area contributed by atoms with Gasteiger partial charge >= 0.3 is 0 Å². The molecule has 0 aromatic heterocycles. The SMILES string of the molecule is [2H]C([2H])([2H])C1CC(O)NC2C1NC(=O)C1CCCNC1N2C1CC1. The second-order valence-corrected chi connectivity index (χ2v) is 6.83. The Hall–Kier alpha value is -0.690. The fourth-order valence-corrected chi connectivity index (χ4v) is 4.16. The van der Waals surface area contributed by atoms with Crippen molar-refractivity contribution >= 4 is 5.91 Å². The molecule has 4 aliphatic rings. The second-order valence-electron chi connectivity index (χ2n) is 6.83. The lowest BCUT2D eigenvalue weighted by Gasteiger charge is -2.47. The van der Waals surface area contributed by atoms with Crippen molar-refractivity contribution in [1.29, 1.82) is 0 Å². The Morgan fingerprint density at radius 3 is 2.95 bits per heavy atom. The Kier molecular flexibility index (Phi) is 2.71. The molecule has 4 N–H and O–H groups in total. The first-order valence-electron chi connectivity index (χ1n) is 9.61. The monoisotopic (exact) mass is 297 g/mol. The number of piperidine rings is 2. The topological polar surface area (TPSA) is 76.6 Å². The first-order valence-corrected chi connectivity index (χ1v) is 8.11. The van der Waals surface area contributed by atoms with E-state index in [1.807, 2.05) is 0 Å². The van der Waals surface area contributed by atoms with Gasteiger partial charge in [-0.05, 0) is 44.6 Å². The maximum Gasteiger partial charge on any atom is 0.226 e. The third-order valence-electron chi connectivity index (χ3n) is 5.30. The van der Waals surface area contributed by atoms with Crippen LogP contribution in [-0.4, -0.2) is 53.1 Å². The molecule has 0 bridgehead atoms. The number of aliphatic hydroxyl groups excluding tert-OH is 1. The Labute approximate surface area is 129 Å². The Morgan fingerprint density at radius 2 is 2.19 bits per heavy atom. The number of hydrogen-bond donors (Lipinski definition) is 4. The van der Waals surface area contributed by atoms with Gasteiger partial charge in [-0.3, -0.25) is 15.0 Å². The van der Waals surface area contributed by atoms with E-state index in [1.54, 1.807) is 0 Å². The largest absolute Gasteiger partial charge is 0.379 e. The fourth-order valence-electron chi connectivity index (χ4n) is 4.16. The molecule has 4 rings (SSSR count). The summed E-state index contributed by atoms with van der Waals surface area (Å²) in [4.78, 5) is 15.0. The van der Waals surface area contributed by atoms with E-state index in [9.17, 15) is 9.90 Å². The van der Waals surface area contributed by atoms with E-state index < -0.39 is 25.0 Å². The number of hydrogen-bond acceptors (Lipinski definition) is 5. The second kappa shape index (κ2) is 5.19. The van der Waals surface area contributed by atoms with Crippen molar-refractivity contribution < 1.29 is 14.0 Å². The lowest BCUT2D eigenvalue weighted by molar-refractivity contribution is -0.127. The van der Waals surface area contributed by atoms with Crippen LogP contribution in [0.1, 0.15) is 43.1 Å². The summed E-state index contributed by atoms with van der Waals surface area (Å²) >= 11 is 0. The molecule has 6 unspecified atom stereocenters. The predicted molar refractivity (Wildman–Crippen MR) is 78.0 cm³/mol. The normalized spacial score (nSPS) is 50.7. The van der Waals surface area contributed by atoms with E-state index in [4.69, 9.17) is 4.11 Å². The molecule has 0 radical (unpaired) electrons. The molecule has 21 heavy (non-hydrogen) atoms. The molecule has 0 aromatic carbocycles. The summed E-state index contributed by atoms with van der Waals surface area (Å²) in [5.41, 5.74) is 0. The van der Waals surface area contributed by atoms with Crippen molar-refractivity contribution in [2.24, 2.45) is 11.8 Å². The highest BCUT2D eigenvalue weighted by molar-refractivity contribution is 5.80. The molecule has 118 valence electrons. The summed E-state index contributed by atoms with van der Waals surface area (Å²) in [6.45, 7) is -1.35.